The van der Waals surface area contributed by atoms with Crippen LogP contribution in [0.2, 0.25) is 0 Å². The Morgan fingerprint density at radius 1 is 0.968 bits per heavy atom. The van der Waals surface area contributed by atoms with Crippen LogP contribution in [0, 0.1) is 0 Å². The highest BCUT2D eigenvalue weighted by atomic mass is 32.2. The molecule has 1 saturated heterocycles. The van der Waals surface area contributed by atoms with Crippen LogP contribution in [0.3, 0.4) is 0 Å². The molecule has 1 fully saturated rings. The van der Waals surface area contributed by atoms with Crippen LogP contribution >= 0.6 is 0 Å². The van der Waals surface area contributed by atoms with Gasteiger partial charge in [-0.1, -0.05) is 12.1 Å². The summed E-state index contributed by atoms with van der Waals surface area (Å²) in [5.74, 6) is -3.09. The molecule has 2 aromatic heterocycles. The largest absolute Gasteiger partial charge is 0.352 e. The molecule has 162 valence electrons. The fraction of sp³-hybridized carbons (Fsp3) is 0.278. The Morgan fingerprint density at radius 2 is 1.65 bits per heavy atom. The van der Waals surface area contributed by atoms with E-state index in [2.05, 4.69) is 20.3 Å². The van der Waals surface area contributed by atoms with Gasteiger partial charge in [-0.05, 0) is 24.3 Å². The monoisotopic (exact) mass is 449 g/mol. The molecule has 1 aliphatic rings. The van der Waals surface area contributed by atoms with Gasteiger partial charge in [0.15, 0.2) is 11.6 Å². The first-order valence-electron chi connectivity index (χ1n) is 9.22. The first-order valence-corrected chi connectivity index (χ1v) is 10.8. The second kappa shape index (κ2) is 8.34. The average molecular weight is 449 g/mol. The van der Waals surface area contributed by atoms with Gasteiger partial charge in [0.2, 0.25) is 9.84 Å². The number of piperazine rings is 1. The van der Waals surface area contributed by atoms with Gasteiger partial charge in [0.1, 0.15) is 12.7 Å². The number of carbonyl (C=O) groups is 1. The van der Waals surface area contributed by atoms with Crippen molar-refractivity contribution in [3.05, 3.63) is 54.6 Å². The fourth-order valence-electron chi connectivity index (χ4n) is 3.23. The van der Waals surface area contributed by atoms with Crippen molar-refractivity contribution < 1.29 is 22.0 Å². The van der Waals surface area contributed by atoms with Crippen molar-refractivity contribution in [1.29, 1.82) is 0 Å². The summed E-state index contributed by atoms with van der Waals surface area (Å²) in [6.45, 7) is 1.39. The molecule has 10 nitrogen and oxygen atoms in total. The SMILES string of the molecule is O=C(c1ccccc1S(=O)(=O)C(F)F)N1CCN(c2ccc(-n3cncn3)nn2)CC1. The van der Waals surface area contributed by atoms with Gasteiger partial charge in [0.05, 0.1) is 10.5 Å². The zero-order chi connectivity index (χ0) is 22.0. The van der Waals surface area contributed by atoms with Gasteiger partial charge in [-0.15, -0.1) is 10.2 Å². The second-order valence-electron chi connectivity index (χ2n) is 6.67. The maximum Gasteiger partial charge on any atom is 0.341 e. The Kier molecular flexibility index (Phi) is 5.59. The molecule has 13 heteroatoms. The van der Waals surface area contributed by atoms with Crippen molar-refractivity contribution in [3.63, 3.8) is 0 Å². The van der Waals surface area contributed by atoms with Crippen LogP contribution < -0.4 is 4.90 Å². The molecule has 0 atom stereocenters. The van der Waals surface area contributed by atoms with Crippen LogP contribution in [0.15, 0.2) is 53.9 Å². The number of sulfone groups is 1. The van der Waals surface area contributed by atoms with Crippen molar-refractivity contribution in [1.82, 2.24) is 29.9 Å². The minimum absolute atomic E-state index is 0.256. The van der Waals surface area contributed by atoms with Crippen molar-refractivity contribution >= 4 is 21.6 Å². The summed E-state index contributed by atoms with van der Waals surface area (Å²) < 4.78 is 51.3. The predicted molar refractivity (Wildman–Crippen MR) is 105 cm³/mol. The molecule has 0 spiro atoms. The average Bonchev–Trinajstić information content (AvgIpc) is 3.34. The van der Waals surface area contributed by atoms with Crippen LogP contribution in [-0.4, -0.2) is 76.1 Å². The Morgan fingerprint density at radius 3 is 2.26 bits per heavy atom. The highest BCUT2D eigenvalue weighted by Crippen LogP contribution is 2.24. The topological polar surface area (TPSA) is 114 Å². The van der Waals surface area contributed by atoms with Gasteiger partial charge in [-0.2, -0.15) is 13.9 Å². The van der Waals surface area contributed by atoms with Crippen LogP contribution in [0.25, 0.3) is 5.82 Å². The maximum absolute atomic E-state index is 13.0. The number of nitrogens with zero attached hydrogens (tertiary/aromatic N) is 7. The highest BCUT2D eigenvalue weighted by Gasteiger charge is 2.33. The molecular formula is C18H17F2N7O3S. The van der Waals surface area contributed by atoms with Gasteiger partial charge >= 0.3 is 5.76 Å². The number of hydrogen-bond donors (Lipinski definition) is 0. The molecule has 4 rings (SSSR count). The number of amides is 1. The second-order valence-corrected chi connectivity index (χ2v) is 8.56. The van der Waals surface area contributed by atoms with E-state index in [9.17, 15) is 22.0 Å². The molecule has 0 saturated carbocycles. The summed E-state index contributed by atoms with van der Waals surface area (Å²) in [5, 5.41) is 12.3. The van der Waals surface area contributed by atoms with Crippen LogP contribution in [0.4, 0.5) is 14.6 Å². The van der Waals surface area contributed by atoms with Crippen LogP contribution in [0.1, 0.15) is 10.4 Å². The van der Waals surface area contributed by atoms with E-state index in [-0.39, 0.29) is 18.7 Å². The van der Waals surface area contributed by atoms with E-state index >= 15 is 0 Å². The number of carbonyl (C=O) groups excluding carboxylic acids is 1. The molecular weight excluding hydrogens is 432 g/mol. The lowest BCUT2D eigenvalue weighted by molar-refractivity contribution is 0.0742. The lowest BCUT2D eigenvalue weighted by Gasteiger charge is -2.35. The molecule has 0 N–H and O–H groups in total. The number of alkyl halides is 2. The highest BCUT2D eigenvalue weighted by molar-refractivity contribution is 7.91. The number of anilines is 1. The van der Waals surface area contributed by atoms with E-state index in [1.165, 1.54) is 40.4 Å². The van der Waals surface area contributed by atoms with Crippen molar-refractivity contribution in [2.45, 2.75) is 10.7 Å². The van der Waals surface area contributed by atoms with Gasteiger partial charge < -0.3 is 9.80 Å². The predicted octanol–water partition coefficient (Wildman–Crippen LogP) is 1.02. The minimum atomic E-state index is -4.89. The third-order valence-corrected chi connectivity index (χ3v) is 6.28. The molecule has 0 bridgehead atoms. The molecule has 1 aromatic carbocycles. The normalized spacial score (nSPS) is 14.8. The summed E-state index contributed by atoms with van der Waals surface area (Å²) in [6.07, 6.45) is 2.89. The van der Waals surface area contributed by atoms with Crippen LogP contribution in [-0.2, 0) is 9.84 Å². The summed E-state index contributed by atoms with van der Waals surface area (Å²) in [6, 6.07) is 8.54. The third kappa shape index (κ3) is 4.08. The van der Waals surface area contributed by atoms with E-state index in [1.807, 2.05) is 4.90 Å². The van der Waals surface area contributed by atoms with Gasteiger partial charge in [-0.3, -0.25) is 4.79 Å². The van der Waals surface area contributed by atoms with Crippen molar-refractivity contribution in [3.8, 4) is 5.82 Å². The number of halogens is 2. The molecule has 3 aromatic rings. The number of hydrogen-bond acceptors (Lipinski definition) is 8. The molecule has 0 radical (unpaired) electrons. The summed E-state index contributed by atoms with van der Waals surface area (Å²) in [7, 11) is -4.89. The Balaban J connectivity index is 1.46. The number of rotatable bonds is 5. The van der Waals surface area contributed by atoms with Crippen molar-refractivity contribution in [2.75, 3.05) is 31.1 Å². The Bertz CT molecular complexity index is 1160. The van der Waals surface area contributed by atoms with Gasteiger partial charge in [-0.25, -0.2) is 18.1 Å². The minimum Gasteiger partial charge on any atom is -0.352 e. The van der Waals surface area contributed by atoms with E-state index in [1.54, 1.807) is 12.1 Å². The van der Waals surface area contributed by atoms with E-state index in [0.717, 1.165) is 6.07 Å². The Hall–Kier alpha value is -3.48. The zero-order valence-corrected chi connectivity index (χ0v) is 16.9. The molecule has 1 aliphatic heterocycles. The third-order valence-electron chi connectivity index (χ3n) is 4.84. The standard InChI is InChI=1S/C18H17F2N7O3S/c19-18(20)31(29,30)14-4-2-1-3-13(14)17(28)26-9-7-25(8-10-26)15-5-6-16(24-23-15)27-12-21-11-22-27/h1-6,11-12,18H,7-10H2. The molecule has 31 heavy (non-hydrogen) atoms. The lowest BCUT2D eigenvalue weighted by Crippen LogP contribution is -2.49. The molecule has 0 unspecified atom stereocenters. The zero-order valence-electron chi connectivity index (χ0n) is 16.0. The maximum atomic E-state index is 13.0. The Labute approximate surface area is 176 Å². The smallest absolute Gasteiger partial charge is 0.341 e. The first kappa shape index (κ1) is 20.8. The van der Waals surface area contributed by atoms with Gasteiger partial charge in [0, 0.05) is 26.2 Å². The van der Waals surface area contributed by atoms with Crippen molar-refractivity contribution in [2.24, 2.45) is 0 Å². The molecule has 1 amide bonds. The lowest BCUT2D eigenvalue weighted by atomic mass is 10.2. The number of aromatic nitrogens is 5. The summed E-state index contributed by atoms with van der Waals surface area (Å²) >= 11 is 0. The van der Waals surface area contributed by atoms with E-state index in [0.29, 0.717) is 24.7 Å². The van der Waals surface area contributed by atoms with Gasteiger partial charge in [0.25, 0.3) is 5.91 Å². The summed E-state index contributed by atoms with van der Waals surface area (Å²) in [4.78, 5) is 19.4. The number of benzene rings is 1. The van der Waals surface area contributed by atoms with Crippen LogP contribution in [0.5, 0.6) is 0 Å². The summed E-state index contributed by atoms with van der Waals surface area (Å²) in [5.41, 5.74) is -0.256. The quantitative estimate of drug-likeness (QED) is 0.567. The molecule has 0 aliphatic carbocycles. The molecule has 3 heterocycles. The van der Waals surface area contributed by atoms with E-state index < -0.39 is 26.4 Å². The fourth-order valence-corrected chi connectivity index (χ4v) is 4.15. The first-order chi connectivity index (χ1) is 14.9. The van der Waals surface area contributed by atoms with E-state index in [4.69, 9.17) is 0 Å².